The van der Waals surface area contributed by atoms with Crippen LogP contribution < -0.4 is 21.7 Å². The monoisotopic (exact) mass is 370 g/mol. The number of carboxylic acid groups (broad SMARTS) is 1. The van der Waals surface area contributed by atoms with Gasteiger partial charge in [0.25, 0.3) is 5.91 Å². The summed E-state index contributed by atoms with van der Waals surface area (Å²) in [7, 11) is 0. The zero-order chi connectivity index (χ0) is 19.8. The number of rotatable bonds is 8. The number of carbonyl (C=O) groups is 3. The number of nitrogens with one attached hydrogen (secondary N) is 3. The fourth-order valence-corrected chi connectivity index (χ4v) is 2.50. The van der Waals surface area contributed by atoms with Crippen LogP contribution in [-0.2, 0) is 16.0 Å². The maximum absolute atomic E-state index is 12.3. The van der Waals surface area contributed by atoms with Gasteiger partial charge in [-0.05, 0) is 35.9 Å². The minimum atomic E-state index is -1.10. The van der Waals surface area contributed by atoms with Gasteiger partial charge in [0.2, 0.25) is 5.91 Å². The molecule has 142 valence electrons. The number of nitrogens with two attached hydrogens (primary N) is 1. The zero-order valence-corrected chi connectivity index (χ0v) is 14.9. The maximum atomic E-state index is 12.3. The third-order valence-electron chi connectivity index (χ3n) is 3.76. The van der Waals surface area contributed by atoms with Gasteiger partial charge in [-0.15, -0.1) is 0 Å². The Hall–Kier alpha value is -3.39. The van der Waals surface area contributed by atoms with Crippen LogP contribution in [0.25, 0.3) is 0 Å². The van der Waals surface area contributed by atoms with E-state index < -0.39 is 17.9 Å². The van der Waals surface area contributed by atoms with Crippen molar-refractivity contribution >= 4 is 29.2 Å². The van der Waals surface area contributed by atoms with E-state index in [-0.39, 0.29) is 19.0 Å². The van der Waals surface area contributed by atoms with E-state index in [1.54, 1.807) is 42.5 Å². The van der Waals surface area contributed by atoms with Crippen molar-refractivity contribution in [2.75, 3.05) is 17.3 Å². The summed E-state index contributed by atoms with van der Waals surface area (Å²) in [5, 5.41) is 17.3. The molecule has 0 radical (unpaired) electrons. The molecule has 0 spiro atoms. The van der Waals surface area contributed by atoms with E-state index in [0.29, 0.717) is 11.3 Å². The molecule has 8 nitrogen and oxygen atoms in total. The van der Waals surface area contributed by atoms with E-state index in [1.807, 2.05) is 6.07 Å². The van der Waals surface area contributed by atoms with Crippen LogP contribution in [0.1, 0.15) is 22.8 Å². The zero-order valence-electron chi connectivity index (χ0n) is 14.9. The van der Waals surface area contributed by atoms with Gasteiger partial charge in [-0.1, -0.05) is 18.2 Å². The highest BCUT2D eigenvalue weighted by Crippen LogP contribution is 2.15. The minimum Gasteiger partial charge on any atom is -0.480 e. The SMILES string of the molecule is CC(=O)N[C@@H](Cc1ccc(NC(=O)c2cccc(NCN)c2)cc1)C(=O)O. The number of hydrogen-bond acceptors (Lipinski definition) is 5. The van der Waals surface area contributed by atoms with Gasteiger partial charge in [0.15, 0.2) is 0 Å². The Labute approximate surface area is 156 Å². The average Bonchev–Trinajstić information content (AvgIpc) is 2.63. The number of carbonyl (C=O) groups excluding carboxylic acids is 2. The summed E-state index contributed by atoms with van der Waals surface area (Å²) in [4.78, 5) is 34.6. The van der Waals surface area contributed by atoms with Crippen molar-refractivity contribution < 1.29 is 19.5 Å². The van der Waals surface area contributed by atoms with Crippen LogP contribution >= 0.6 is 0 Å². The van der Waals surface area contributed by atoms with E-state index >= 15 is 0 Å². The van der Waals surface area contributed by atoms with Gasteiger partial charge >= 0.3 is 5.97 Å². The van der Waals surface area contributed by atoms with Crippen LogP contribution in [0.5, 0.6) is 0 Å². The number of anilines is 2. The van der Waals surface area contributed by atoms with Gasteiger partial charge in [0.1, 0.15) is 6.04 Å². The van der Waals surface area contributed by atoms with Crippen LogP contribution in [-0.4, -0.2) is 35.6 Å². The number of benzene rings is 2. The molecule has 0 aliphatic rings. The lowest BCUT2D eigenvalue weighted by molar-refractivity contribution is -0.141. The first-order chi connectivity index (χ1) is 12.9. The number of hydrogen-bond donors (Lipinski definition) is 5. The first-order valence-electron chi connectivity index (χ1n) is 8.33. The lowest BCUT2D eigenvalue weighted by atomic mass is 10.1. The molecular weight excluding hydrogens is 348 g/mol. The van der Waals surface area contributed by atoms with Gasteiger partial charge in [-0.25, -0.2) is 4.79 Å². The molecule has 0 saturated carbocycles. The molecule has 0 saturated heterocycles. The molecule has 2 aromatic rings. The summed E-state index contributed by atoms with van der Waals surface area (Å²) in [5.41, 5.74) is 7.96. The normalized spacial score (nSPS) is 11.3. The van der Waals surface area contributed by atoms with E-state index in [9.17, 15) is 14.4 Å². The van der Waals surface area contributed by atoms with Gasteiger partial charge in [0, 0.05) is 30.3 Å². The molecule has 0 bridgehead atoms. The standard InChI is InChI=1S/C19H22N4O4/c1-12(24)22-17(19(26)27)9-13-5-7-15(8-6-13)23-18(25)14-3-2-4-16(10-14)21-11-20/h2-8,10,17,21H,9,11,20H2,1H3,(H,22,24)(H,23,25)(H,26,27)/t17-/m0/s1. The molecule has 27 heavy (non-hydrogen) atoms. The number of carboxylic acids is 1. The number of aliphatic carboxylic acids is 1. The third kappa shape index (κ3) is 6.12. The Morgan fingerprint density at radius 1 is 1.07 bits per heavy atom. The van der Waals surface area contributed by atoms with Crippen LogP contribution in [0.2, 0.25) is 0 Å². The Morgan fingerprint density at radius 2 is 1.78 bits per heavy atom. The van der Waals surface area contributed by atoms with Crippen molar-refractivity contribution in [3.8, 4) is 0 Å². The molecule has 6 N–H and O–H groups in total. The minimum absolute atomic E-state index is 0.149. The Kier molecular flexibility index (Phi) is 6.90. The molecule has 0 fully saturated rings. The van der Waals surface area contributed by atoms with Crippen molar-refractivity contribution in [2.45, 2.75) is 19.4 Å². The summed E-state index contributed by atoms with van der Waals surface area (Å²) in [6, 6.07) is 12.7. The topological polar surface area (TPSA) is 134 Å². The molecule has 0 heterocycles. The van der Waals surface area contributed by atoms with E-state index in [2.05, 4.69) is 16.0 Å². The fourth-order valence-electron chi connectivity index (χ4n) is 2.50. The predicted octanol–water partition coefficient (Wildman–Crippen LogP) is 1.40. The van der Waals surface area contributed by atoms with Crippen molar-refractivity contribution in [3.63, 3.8) is 0 Å². The van der Waals surface area contributed by atoms with Gasteiger partial charge < -0.3 is 26.8 Å². The largest absolute Gasteiger partial charge is 0.480 e. The summed E-state index contributed by atoms with van der Waals surface area (Å²) in [5.74, 6) is -1.78. The van der Waals surface area contributed by atoms with Gasteiger partial charge in [0.05, 0.1) is 6.67 Å². The van der Waals surface area contributed by atoms with E-state index in [1.165, 1.54) is 6.92 Å². The molecule has 8 heteroatoms. The molecule has 2 rings (SSSR count). The van der Waals surface area contributed by atoms with Crippen LogP contribution in [0.3, 0.4) is 0 Å². The molecule has 0 unspecified atom stereocenters. The molecular formula is C19H22N4O4. The van der Waals surface area contributed by atoms with Crippen molar-refractivity contribution in [3.05, 3.63) is 59.7 Å². The van der Waals surface area contributed by atoms with E-state index in [0.717, 1.165) is 11.3 Å². The molecule has 0 aromatic heterocycles. The van der Waals surface area contributed by atoms with Crippen LogP contribution in [0.15, 0.2) is 48.5 Å². The Morgan fingerprint density at radius 3 is 2.37 bits per heavy atom. The molecule has 0 aliphatic heterocycles. The Balaban J connectivity index is 2.02. The first-order valence-corrected chi connectivity index (χ1v) is 8.33. The number of amides is 2. The second-order valence-corrected chi connectivity index (χ2v) is 5.91. The maximum Gasteiger partial charge on any atom is 0.326 e. The molecule has 2 amide bonds. The Bertz CT molecular complexity index is 821. The second kappa shape index (κ2) is 9.35. The van der Waals surface area contributed by atoms with Crippen molar-refractivity contribution in [2.24, 2.45) is 5.73 Å². The fraction of sp³-hybridized carbons (Fsp3) is 0.211. The quantitative estimate of drug-likeness (QED) is 0.446. The molecule has 0 aliphatic carbocycles. The molecule has 2 aromatic carbocycles. The first kappa shape index (κ1) is 19.9. The summed E-state index contributed by atoms with van der Waals surface area (Å²) >= 11 is 0. The predicted molar refractivity (Wildman–Crippen MR) is 102 cm³/mol. The van der Waals surface area contributed by atoms with Crippen LogP contribution in [0.4, 0.5) is 11.4 Å². The van der Waals surface area contributed by atoms with Crippen molar-refractivity contribution in [1.29, 1.82) is 0 Å². The van der Waals surface area contributed by atoms with Crippen molar-refractivity contribution in [1.82, 2.24) is 5.32 Å². The highest BCUT2D eigenvalue weighted by Gasteiger charge is 2.18. The van der Waals surface area contributed by atoms with E-state index in [4.69, 9.17) is 10.8 Å². The van der Waals surface area contributed by atoms with Gasteiger partial charge in [-0.2, -0.15) is 0 Å². The third-order valence-corrected chi connectivity index (χ3v) is 3.76. The van der Waals surface area contributed by atoms with Gasteiger partial charge in [-0.3, -0.25) is 9.59 Å². The highest BCUT2D eigenvalue weighted by molar-refractivity contribution is 6.04. The summed E-state index contributed by atoms with van der Waals surface area (Å²) in [6.45, 7) is 1.54. The van der Waals surface area contributed by atoms with Crippen LogP contribution in [0, 0.1) is 0 Å². The molecule has 1 atom stereocenters. The smallest absolute Gasteiger partial charge is 0.326 e. The summed E-state index contributed by atoms with van der Waals surface area (Å²) in [6.07, 6.45) is 0.149. The lowest BCUT2D eigenvalue weighted by Crippen LogP contribution is -2.41. The lowest BCUT2D eigenvalue weighted by Gasteiger charge is -2.13. The second-order valence-electron chi connectivity index (χ2n) is 5.91. The highest BCUT2D eigenvalue weighted by atomic mass is 16.4. The average molecular weight is 370 g/mol. The summed E-state index contributed by atoms with van der Waals surface area (Å²) < 4.78 is 0.